The summed E-state index contributed by atoms with van der Waals surface area (Å²) in [5.41, 5.74) is 0. The molecule has 0 spiro atoms. The van der Waals surface area contributed by atoms with Gasteiger partial charge in [-0.1, -0.05) is 6.92 Å². The molecule has 1 aromatic carbocycles. The van der Waals surface area contributed by atoms with Gasteiger partial charge in [-0.05, 0) is 49.4 Å². The summed E-state index contributed by atoms with van der Waals surface area (Å²) in [4.78, 5) is 0. The Bertz CT molecular complexity index is 493. The zero-order chi connectivity index (χ0) is 13.5. The van der Waals surface area contributed by atoms with Crippen molar-refractivity contribution in [1.82, 2.24) is 5.32 Å². The third-order valence-corrected chi connectivity index (χ3v) is 2.64. The van der Waals surface area contributed by atoms with E-state index in [2.05, 4.69) is 12.2 Å². The van der Waals surface area contributed by atoms with Crippen molar-refractivity contribution in [3.63, 3.8) is 0 Å². The fourth-order valence-electron chi connectivity index (χ4n) is 1.67. The van der Waals surface area contributed by atoms with Crippen LogP contribution in [-0.4, -0.2) is 6.54 Å². The molecule has 0 radical (unpaired) electrons. The summed E-state index contributed by atoms with van der Waals surface area (Å²) in [6.45, 7) is 4.17. The van der Waals surface area contributed by atoms with Gasteiger partial charge in [0.2, 0.25) is 0 Å². The molecule has 2 rings (SSSR count). The molecule has 2 aromatic rings. The number of hydrogen-bond acceptors (Lipinski definition) is 3. The Morgan fingerprint density at radius 1 is 1.11 bits per heavy atom. The molecule has 3 nitrogen and oxygen atoms in total. The SMILES string of the molecule is CCCNCc1ccc(COc2ccc(F)cc2)o1. The van der Waals surface area contributed by atoms with Crippen LogP contribution < -0.4 is 10.1 Å². The van der Waals surface area contributed by atoms with Gasteiger partial charge in [0.05, 0.1) is 6.54 Å². The summed E-state index contributed by atoms with van der Waals surface area (Å²) < 4.78 is 23.8. The van der Waals surface area contributed by atoms with Crippen molar-refractivity contribution in [2.45, 2.75) is 26.5 Å². The lowest BCUT2D eigenvalue weighted by atomic mass is 10.3. The summed E-state index contributed by atoms with van der Waals surface area (Å²) >= 11 is 0. The molecule has 0 atom stereocenters. The predicted molar refractivity (Wildman–Crippen MR) is 71.4 cm³/mol. The number of rotatable bonds is 7. The number of benzene rings is 1. The molecule has 0 aliphatic rings. The Kier molecular flexibility index (Phi) is 4.98. The molecule has 0 amide bonds. The van der Waals surface area contributed by atoms with Gasteiger partial charge in [-0.3, -0.25) is 0 Å². The standard InChI is InChI=1S/C15H18FNO2/c1-2-9-17-10-14-7-8-15(19-14)11-18-13-5-3-12(16)4-6-13/h3-8,17H,2,9-11H2,1H3. The highest BCUT2D eigenvalue weighted by Gasteiger charge is 2.03. The number of ether oxygens (including phenoxy) is 1. The molecule has 4 heteroatoms. The van der Waals surface area contributed by atoms with Crippen molar-refractivity contribution in [2.24, 2.45) is 0 Å². The van der Waals surface area contributed by atoms with Gasteiger partial charge in [0, 0.05) is 0 Å². The van der Waals surface area contributed by atoms with E-state index in [9.17, 15) is 4.39 Å². The first-order valence-corrected chi connectivity index (χ1v) is 6.44. The van der Waals surface area contributed by atoms with Crippen LogP contribution in [0.25, 0.3) is 0 Å². The van der Waals surface area contributed by atoms with E-state index in [0.29, 0.717) is 12.4 Å². The molecule has 0 aliphatic carbocycles. The summed E-state index contributed by atoms with van der Waals surface area (Å²) in [5, 5.41) is 3.27. The van der Waals surface area contributed by atoms with Crippen molar-refractivity contribution in [1.29, 1.82) is 0 Å². The minimum Gasteiger partial charge on any atom is -0.486 e. The van der Waals surface area contributed by atoms with Crippen LogP contribution in [0.4, 0.5) is 4.39 Å². The summed E-state index contributed by atoms with van der Waals surface area (Å²) in [5.74, 6) is 2.02. The Balaban J connectivity index is 1.81. The van der Waals surface area contributed by atoms with Gasteiger partial charge in [-0.25, -0.2) is 4.39 Å². The lowest BCUT2D eigenvalue weighted by Crippen LogP contribution is -2.13. The van der Waals surface area contributed by atoms with Gasteiger partial charge in [-0.15, -0.1) is 0 Å². The molecule has 0 bridgehead atoms. The predicted octanol–water partition coefficient (Wildman–Crippen LogP) is 3.50. The lowest BCUT2D eigenvalue weighted by Gasteiger charge is -2.04. The largest absolute Gasteiger partial charge is 0.486 e. The van der Waals surface area contributed by atoms with E-state index in [1.54, 1.807) is 12.1 Å². The van der Waals surface area contributed by atoms with E-state index < -0.39 is 0 Å². The molecule has 0 saturated carbocycles. The molecular formula is C15H18FNO2. The first-order chi connectivity index (χ1) is 9.28. The van der Waals surface area contributed by atoms with Crippen molar-refractivity contribution < 1.29 is 13.5 Å². The van der Waals surface area contributed by atoms with E-state index in [4.69, 9.17) is 9.15 Å². The van der Waals surface area contributed by atoms with E-state index in [-0.39, 0.29) is 5.82 Å². The molecule has 102 valence electrons. The maximum absolute atomic E-state index is 12.7. The Hall–Kier alpha value is -1.81. The van der Waals surface area contributed by atoms with Crippen LogP contribution in [0.15, 0.2) is 40.8 Å². The molecule has 1 N–H and O–H groups in total. The molecule has 0 unspecified atom stereocenters. The Morgan fingerprint density at radius 2 is 1.84 bits per heavy atom. The van der Waals surface area contributed by atoms with Crippen LogP contribution in [0.1, 0.15) is 24.9 Å². The van der Waals surface area contributed by atoms with Gasteiger partial charge in [0.1, 0.15) is 29.7 Å². The minimum atomic E-state index is -0.269. The lowest BCUT2D eigenvalue weighted by molar-refractivity contribution is 0.265. The zero-order valence-corrected chi connectivity index (χ0v) is 11.0. The van der Waals surface area contributed by atoms with E-state index in [1.165, 1.54) is 12.1 Å². The van der Waals surface area contributed by atoms with Crippen molar-refractivity contribution in [2.75, 3.05) is 6.54 Å². The van der Waals surface area contributed by atoms with E-state index in [1.807, 2.05) is 12.1 Å². The third-order valence-electron chi connectivity index (χ3n) is 2.64. The Labute approximate surface area is 112 Å². The van der Waals surface area contributed by atoms with Crippen molar-refractivity contribution >= 4 is 0 Å². The molecule has 0 fully saturated rings. The fraction of sp³-hybridized carbons (Fsp3) is 0.333. The highest BCUT2D eigenvalue weighted by Crippen LogP contribution is 2.15. The normalized spacial score (nSPS) is 10.6. The molecule has 1 heterocycles. The van der Waals surface area contributed by atoms with Crippen molar-refractivity contribution in [3.8, 4) is 5.75 Å². The smallest absolute Gasteiger partial charge is 0.146 e. The van der Waals surface area contributed by atoms with Gasteiger partial charge >= 0.3 is 0 Å². The zero-order valence-electron chi connectivity index (χ0n) is 11.0. The fourth-order valence-corrected chi connectivity index (χ4v) is 1.67. The highest BCUT2D eigenvalue weighted by atomic mass is 19.1. The van der Waals surface area contributed by atoms with Crippen LogP contribution in [0.5, 0.6) is 5.75 Å². The summed E-state index contributed by atoms with van der Waals surface area (Å²) in [6.07, 6.45) is 1.10. The van der Waals surface area contributed by atoms with Crippen LogP contribution in [0, 0.1) is 5.82 Å². The second-order valence-electron chi connectivity index (χ2n) is 4.29. The number of halogens is 1. The molecule has 19 heavy (non-hydrogen) atoms. The van der Waals surface area contributed by atoms with Crippen LogP contribution in [-0.2, 0) is 13.2 Å². The van der Waals surface area contributed by atoms with Gasteiger partial charge < -0.3 is 14.5 Å². The number of hydrogen-bond donors (Lipinski definition) is 1. The highest BCUT2D eigenvalue weighted by molar-refractivity contribution is 5.22. The van der Waals surface area contributed by atoms with Crippen molar-refractivity contribution in [3.05, 3.63) is 53.7 Å². The maximum atomic E-state index is 12.7. The summed E-state index contributed by atoms with van der Waals surface area (Å²) in [6, 6.07) is 9.78. The second-order valence-corrected chi connectivity index (χ2v) is 4.29. The molecular weight excluding hydrogens is 245 g/mol. The Morgan fingerprint density at radius 3 is 2.58 bits per heavy atom. The van der Waals surface area contributed by atoms with Gasteiger partial charge in [0.15, 0.2) is 0 Å². The van der Waals surface area contributed by atoms with E-state index in [0.717, 1.165) is 31.0 Å². The van der Waals surface area contributed by atoms with Crippen LogP contribution >= 0.6 is 0 Å². The van der Waals surface area contributed by atoms with Crippen LogP contribution in [0.3, 0.4) is 0 Å². The van der Waals surface area contributed by atoms with Crippen LogP contribution in [0.2, 0.25) is 0 Å². The topological polar surface area (TPSA) is 34.4 Å². The average molecular weight is 263 g/mol. The number of furan rings is 1. The van der Waals surface area contributed by atoms with Gasteiger partial charge in [-0.2, -0.15) is 0 Å². The average Bonchev–Trinajstić information content (AvgIpc) is 2.86. The number of nitrogens with one attached hydrogen (secondary N) is 1. The molecule has 0 aliphatic heterocycles. The third kappa shape index (κ3) is 4.41. The maximum Gasteiger partial charge on any atom is 0.146 e. The first-order valence-electron chi connectivity index (χ1n) is 6.44. The molecule has 0 saturated heterocycles. The minimum absolute atomic E-state index is 0.269. The quantitative estimate of drug-likeness (QED) is 0.776. The van der Waals surface area contributed by atoms with E-state index >= 15 is 0 Å². The molecule has 1 aromatic heterocycles. The monoisotopic (exact) mass is 263 g/mol. The second kappa shape index (κ2) is 6.95. The summed E-state index contributed by atoms with van der Waals surface area (Å²) in [7, 11) is 0. The first kappa shape index (κ1) is 13.6. The van der Waals surface area contributed by atoms with Gasteiger partial charge in [0.25, 0.3) is 0 Å².